The summed E-state index contributed by atoms with van der Waals surface area (Å²) in [4.78, 5) is 43.9. The molecular weight excluding hydrogens is 414 g/mol. The van der Waals surface area contributed by atoms with E-state index >= 15 is 0 Å². The van der Waals surface area contributed by atoms with Crippen LogP contribution in [0, 0.1) is 0 Å². The van der Waals surface area contributed by atoms with Gasteiger partial charge in [0.2, 0.25) is 5.78 Å². The summed E-state index contributed by atoms with van der Waals surface area (Å²) in [6.45, 7) is 0.340. The van der Waals surface area contributed by atoms with E-state index in [1.807, 2.05) is 12.1 Å². The van der Waals surface area contributed by atoms with E-state index in [0.29, 0.717) is 33.9 Å². The highest BCUT2D eigenvalue weighted by molar-refractivity contribution is 6.36. The first-order chi connectivity index (χ1) is 14.9. The van der Waals surface area contributed by atoms with Crippen molar-refractivity contribution in [1.82, 2.24) is 10.3 Å². The van der Waals surface area contributed by atoms with E-state index in [1.165, 1.54) is 17.0 Å². The lowest BCUT2D eigenvalue weighted by Gasteiger charge is -2.27. The van der Waals surface area contributed by atoms with Gasteiger partial charge >= 0.3 is 0 Å². The van der Waals surface area contributed by atoms with E-state index in [-0.39, 0.29) is 11.5 Å². The molecule has 0 atom stereocenters. The molecule has 1 aromatic heterocycles. The minimum atomic E-state index is -0.420. The van der Waals surface area contributed by atoms with Gasteiger partial charge in [-0.25, -0.2) is 0 Å². The number of nitrogens with zero attached hydrogens (tertiary/aromatic N) is 2. The largest absolute Gasteiger partial charge is 0.348 e. The second-order valence-corrected chi connectivity index (χ2v) is 7.51. The van der Waals surface area contributed by atoms with Crippen molar-refractivity contribution in [3.63, 3.8) is 0 Å². The topological polar surface area (TPSA) is 79.4 Å². The van der Waals surface area contributed by atoms with Crippen molar-refractivity contribution in [3.05, 3.63) is 99.8 Å². The Morgan fingerprint density at radius 2 is 1.77 bits per heavy atom. The summed E-state index contributed by atoms with van der Waals surface area (Å²) in [5.41, 5.74) is 2.74. The Balaban J connectivity index is 1.62. The van der Waals surface area contributed by atoms with Crippen LogP contribution in [0.5, 0.6) is 0 Å². The van der Waals surface area contributed by atoms with Crippen molar-refractivity contribution in [2.75, 3.05) is 11.9 Å². The standard InChI is InChI=1S/C24H18ClN3O3/c1-28-21-7-4-17(23(30)27-14-16-8-10-26-11-9-16)13-19(21)22(29)20(24(28)31)12-15-2-5-18(25)6-3-15/h2-13H,14H2,1H3,(H,27,30)/b20-12+. The number of hydrogen-bond acceptors (Lipinski definition) is 4. The SMILES string of the molecule is CN1C(=O)/C(=C/c2ccc(Cl)cc2)C(=O)c2cc(C(=O)NCc3ccncc3)ccc21. The van der Waals surface area contributed by atoms with Crippen LogP contribution in [-0.2, 0) is 11.3 Å². The fourth-order valence-electron chi connectivity index (χ4n) is 3.32. The molecule has 0 bridgehead atoms. The summed E-state index contributed by atoms with van der Waals surface area (Å²) in [7, 11) is 1.60. The molecule has 0 aliphatic carbocycles. The molecule has 7 heteroatoms. The van der Waals surface area contributed by atoms with Crippen molar-refractivity contribution in [1.29, 1.82) is 0 Å². The fraction of sp³-hybridized carbons (Fsp3) is 0.0833. The lowest BCUT2D eigenvalue weighted by molar-refractivity contribution is -0.114. The minimum absolute atomic E-state index is 0.0340. The van der Waals surface area contributed by atoms with Crippen molar-refractivity contribution >= 4 is 41.0 Å². The van der Waals surface area contributed by atoms with Gasteiger partial charge in [0.15, 0.2) is 0 Å². The van der Waals surface area contributed by atoms with Gasteiger partial charge in [0.05, 0.1) is 11.3 Å². The van der Waals surface area contributed by atoms with Gasteiger partial charge in [-0.1, -0.05) is 23.7 Å². The Kier molecular flexibility index (Phi) is 5.64. The zero-order chi connectivity index (χ0) is 22.0. The van der Waals surface area contributed by atoms with E-state index < -0.39 is 11.7 Å². The molecule has 0 unspecified atom stereocenters. The number of halogens is 1. The van der Waals surface area contributed by atoms with Gasteiger partial charge < -0.3 is 10.2 Å². The monoisotopic (exact) mass is 431 g/mol. The molecule has 2 amide bonds. The molecule has 6 nitrogen and oxygen atoms in total. The number of anilines is 1. The quantitative estimate of drug-likeness (QED) is 0.501. The first-order valence-electron chi connectivity index (χ1n) is 9.55. The molecule has 2 aromatic carbocycles. The molecular formula is C24H18ClN3O3. The normalized spacial score (nSPS) is 14.5. The first-order valence-corrected chi connectivity index (χ1v) is 9.93. The Labute approximate surface area is 184 Å². The number of carbonyl (C=O) groups excluding carboxylic acids is 3. The molecule has 2 heterocycles. The maximum atomic E-state index is 13.1. The van der Waals surface area contributed by atoms with E-state index in [2.05, 4.69) is 10.3 Å². The average molecular weight is 432 g/mol. The molecule has 1 aliphatic rings. The summed E-state index contributed by atoms with van der Waals surface area (Å²) >= 11 is 5.91. The maximum Gasteiger partial charge on any atom is 0.262 e. The molecule has 31 heavy (non-hydrogen) atoms. The summed E-state index contributed by atoms with van der Waals surface area (Å²) in [5.74, 6) is -1.13. The van der Waals surface area contributed by atoms with Crippen LogP contribution < -0.4 is 10.2 Å². The van der Waals surface area contributed by atoms with Crippen LogP contribution in [0.4, 0.5) is 5.69 Å². The predicted molar refractivity (Wildman–Crippen MR) is 119 cm³/mol. The van der Waals surface area contributed by atoms with Crippen LogP contribution in [0.3, 0.4) is 0 Å². The summed E-state index contributed by atoms with van der Waals surface area (Å²) in [6.07, 6.45) is 4.84. The molecule has 154 valence electrons. The minimum Gasteiger partial charge on any atom is -0.348 e. The molecule has 0 radical (unpaired) electrons. The number of amides is 2. The molecule has 0 saturated carbocycles. The van der Waals surface area contributed by atoms with Crippen LogP contribution >= 0.6 is 11.6 Å². The Morgan fingerprint density at radius 1 is 1.06 bits per heavy atom. The Hall–Kier alpha value is -3.77. The first kappa shape index (κ1) is 20.5. The van der Waals surface area contributed by atoms with Crippen LogP contribution in [0.15, 0.2) is 72.6 Å². The number of likely N-dealkylation sites (N-methyl/N-ethyl adjacent to an activating group) is 1. The third kappa shape index (κ3) is 4.25. The second kappa shape index (κ2) is 8.53. The van der Waals surface area contributed by atoms with Gasteiger partial charge in [-0.15, -0.1) is 0 Å². The van der Waals surface area contributed by atoms with Crippen LogP contribution in [0.2, 0.25) is 5.02 Å². The molecule has 1 N–H and O–H groups in total. The van der Waals surface area contributed by atoms with Gasteiger partial charge in [-0.05, 0) is 59.7 Å². The van der Waals surface area contributed by atoms with Gasteiger partial charge in [-0.3, -0.25) is 19.4 Å². The lowest BCUT2D eigenvalue weighted by Crippen LogP contribution is -2.37. The smallest absolute Gasteiger partial charge is 0.262 e. The number of carbonyl (C=O) groups is 3. The van der Waals surface area contributed by atoms with Crippen molar-refractivity contribution in [2.45, 2.75) is 6.54 Å². The number of fused-ring (bicyclic) bond motifs is 1. The zero-order valence-corrected chi connectivity index (χ0v) is 17.4. The number of ketones is 1. The maximum absolute atomic E-state index is 13.1. The van der Waals surface area contributed by atoms with Crippen LogP contribution in [0.25, 0.3) is 6.08 Å². The zero-order valence-electron chi connectivity index (χ0n) is 16.6. The van der Waals surface area contributed by atoms with Gasteiger partial charge in [0, 0.05) is 42.1 Å². The van der Waals surface area contributed by atoms with Gasteiger partial charge in [0.25, 0.3) is 11.8 Å². The van der Waals surface area contributed by atoms with Crippen molar-refractivity contribution in [3.8, 4) is 0 Å². The number of Topliss-reactive ketones (excluding diaryl/α,β-unsaturated/α-hetero) is 1. The number of rotatable bonds is 4. The lowest BCUT2D eigenvalue weighted by atomic mass is 9.92. The number of nitrogens with one attached hydrogen (secondary N) is 1. The molecule has 4 rings (SSSR count). The van der Waals surface area contributed by atoms with Crippen LogP contribution in [0.1, 0.15) is 31.8 Å². The predicted octanol–water partition coefficient (Wildman–Crippen LogP) is 3.91. The summed E-state index contributed by atoms with van der Waals surface area (Å²) < 4.78 is 0. The Bertz CT molecular complexity index is 1200. The highest BCUT2D eigenvalue weighted by Gasteiger charge is 2.33. The summed E-state index contributed by atoms with van der Waals surface area (Å²) in [6, 6.07) is 15.2. The summed E-state index contributed by atoms with van der Waals surface area (Å²) in [5, 5.41) is 3.39. The number of hydrogen-bond donors (Lipinski definition) is 1. The van der Waals surface area contributed by atoms with Crippen molar-refractivity contribution < 1.29 is 14.4 Å². The number of aromatic nitrogens is 1. The van der Waals surface area contributed by atoms with Gasteiger partial charge in [-0.2, -0.15) is 0 Å². The van der Waals surface area contributed by atoms with E-state index in [0.717, 1.165) is 5.56 Å². The number of benzene rings is 2. The highest BCUT2D eigenvalue weighted by atomic mass is 35.5. The van der Waals surface area contributed by atoms with E-state index in [9.17, 15) is 14.4 Å². The highest BCUT2D eigenvalue weighted by Crippen LogP contribution is 2.31. The molecule has 0 spiro atoms. The molecule has 3 aromatic rings. The van der Waals surface area contributed by atoms with Gasteiger partial charge in [0.1, 0.15) is 0 Å². The molecule has 1 aliphatic heterocycles. The third-order valence-corrected chi connectivity index (χ3v) is 5.28. The Morgan fingerprint density at radius 3 is 2.48 bits per heavy atom. The van der Waals surface area contributed by atoms with E-state index in [4.69, 9.17) is 11.6 Å². The van der Waals surface area contributed by atoms with Crippen LogP contribution in [-0.4, -0.2) is 29.6 Å². The second-order valence-electron chi connectivity index (χ2n) is 7.07. The van der Waals surface area contributed by atoms with E-state index in [1.54, 1.807) is 55.8 Å². The molecule has 0 fully saturated rings. The fourth-order valence-corrected chi connectivity index (χ4v) is 3.45. The average Bonchev–Trinajstić information content (AvgIpc) is 2.80. The third-order valence-electron chi connectivity index (χ3n) is 5.03. The number of pyridine rings is 1. The molecule has 0 saturated heterocycles. The van der Waals surface area contributed by atoms with Crippen molar-refractivity contribution in [2.24, 2.45) is 0 Å².